The van der Waals surface area contributed by atoms with Gasteiger partial charge < -0.3 is 4.74 Å². The molecule has 16 heavy (non-hydrogen) atoms. The highest BCUT2D eigenvalue weighted by Crippen LogP contribution is 2.60. The quantitative estimate of drug-likeness (QED) is 0.629. The fourth-order valence-corrected chi connectivity index (χ4v) is 3.46. The lowest BCUT2D eigenvalue weighted by Gasteiger charge is -2.32. The number of piperidine rings is 1. The van der Waals surface area contributed by atoms with Gasteiger partial charge in [-0.1, -0.05) is 0 Å². The molecule has 4 heteroatoms. The molecule has 1 saturated heterocycles. The molecule has 3 saturated carbocycles. The van der Waals surface area contributed by atoms with Gasteiger partial charge in [0, 0.05) is 12.0 Å². The Morgan fingerprint density at radius 3 is 2.56 bits per heavy atom. The molecule has 1 aliphatic heterocycles. The molecular weight excluding hydrogens is 206 g/mol. The van der Waals surface area contributed by atoms with Crippen LogP contribution in [0.5, 0.6) is 0 Å². The predicted molar refractivity (Wildman–Crippen MR) is 56.6 cm³/mol. The molecule has 4 rings (SSSR count). The van der Waals surface area contributed by atoms with Crippen molar-refractivity contribution in [3.63, 3.8) is 0 Å². The minimum atomic E-state index is -0.526. The van der Waals surface area contributed by atoms with E-state index in [-0.39, 0.29) is 17.9 Å². The summed E-state index contributed by atoms with van der Waals surface area (Å²) in [7, 11) is 0. The third kappa shape index (κ3) is 1.16. The highest BCUT2D eigenvalue weighted by Gasteiger charge is 2.66. The van der Waals surface area contributed by atoms with Gasteiger partial charge in [-0.15, -0.1) is 0 Å². The third-order valence-corrected chi connectivity index (χ3v) is 4.03. The molecule has 0 aromatic heterocycles. The van der Waals surface area contributed by atoms with Crippen molar-refractivity contribution < 1.29 is 14.3 Å². The van der Waals surface area contributed by atoms with Gasteiger partial charge in [-0.3, -0.25) is 4.79 Å². The van der Waals surface area contributed by atoms with Gasteiger partial charge >= 0.3 is 6.09 Å². The first-order valence-electron chi connectivity index (χ1n) is 5.94. The molecule has 0 aromatic rings. The summed E-state index contributed by atoms with van der Waals surface area (Å²) in [5.74, 6) is 1.13. The number of amides is 2. The molecule has 4 atom stereocenters. The van der Waals surface area contributed by atoms with Crippen molar-refractivity contribution in [2.75, 3.05) is 0 Å². The van der Waals surface area contributed by atoms with Crippen LogP contribution in [0.3, 0.4) is 0 Å². The zero-order chi connectivity index (χ0) is 11.7. The summed E-state index contributed by atoms with van der Waals surface area (Å²) >= 11 is 0. The average molecular weight is 223 g/mol. The Bertz CT molecular complexity index is 371. The molecule has 0 radical (unpaired) electrons. The first-order chi connectivity index (χ1) is 7.38. The van der Waals surface area contributed by atoms with Crippen LogP contribution in [0.2, 0.25) is 0 Å². The van der Waals surface area contributed by atoms with Gasteiger partial charge in [0.2, 0.25) is 5.91 Å². The van der Waals surface area contributed by atoms with E-state index in [0.29, 0.717) is 11.8 Å². The zero-order valence-electron chi connectivity index (χ0n) is 9.90. The number of ether oxygens (including phenoxy) is 1. The highest BCUT2D eigenvalue weighted by molar-refractivity contribution is 5.97. The lowest BCUT2D eigenvalue weighted by Crippen LogP contribution is -2.45. The molecule has 88 valence electrons. The number of imide groups is 1. The van der Waals surface area contributed by atoms with Crippen LogP contribution in [0.1, 0.15) is 33.6 Å². The SMILES string of the molecule is CC(C)(C)OC(=O)N1C(=O)C2C3CC2C1C3. The minimum Gasteiger partial charge on any atom is -0.443 e. The van der Waals surface area contributed by atoms with Crippen LogP contribution in [0, 0.1) is 17.8 Å². The molecule has 4 aliphatic rings. The first-order valence-corrected chi connectivity index (χ1v) is 5.94. The maximum absolute atomic E-state index is 12.0. The van der Waals surface area contributed by atoms with Gasteiger partial charge in [0.1, 0.15) is 5.60 Å². The van der Waals surface area contributed by atoms with Crippen LogP contribution >= 0.6 is 0 Å². The lowest BCUT2D eigenvalue weighted by atomic mass is 9.73. The number of rotatable bonds is 0. The summed E-state index contributed by atoms with van der Waals surface area (Å²) in [4.78, 5) is 25.2. The smallest absolute Gasteiger partial charge is 0.417 e. The van der Waals surface area contributed by atoms with Crippen molar-refractivity contribution >= 4 is 12.0 Å². The summed E-state index contributed by atoms with van der Waals surface area (Å²) in [5.41, 5.74) is -0.526. The van der Waals surface area contributed by atoms with Crippen molar-refractivity contribution in [2.45, 2.75) is 45.3 Å². The van der Waals surface area contributed by atoms with Crippen molar-refractivity contribution in [3.05, 3.63) is 0 Å². The van der Waals surface area contributed by atoms with Gasteiger partial charge in [-0.2, -0.15) is 0 Å². The summed E-state index contributed by atoms with van der Waals surface area (Å²) < 4.78 is 5.28. The topological polar surface area (TPSA) is 46.6 Å². The van der Waals surface area contributed by atoms with Crippen molar-refractivity contribution in [2.24, 2.45) is 17.8 Å². The van der Waals surface area contributed by atoms with Crippen LogP contribution in [0.25, 0.3) is 0 Å². The van der Waals surface area contributed by atoms with Crippen molar-refractivity contribution in [1.29, 1.82) is 0 Å². The maximum Gasteiger partial charge on any atom is 0.417 e. The Hall–Kier alpha value is -1.06. The molecule has 4 unspecified atom stereocenters. The van der Waals surface area contributed by atoms with Crippen LogP contribution in [0.4, 0.5) is 4.79 Å². The Balaban J connectivity index is 1.77. The molecule has 0 spiro atoms. The number of nitrogens with zero attached hydrogens (tertiary/aromatic N) is 1. The Kier molecular flexibility index (Phi) is 1.76. The van der Waals surface area contributed by atoms with E-state index in [1.54, 1.807) is 0 Å². The Labute approximate surface area is 94.9 Å². The van der Waals surface area contributed by atoms with E-state index < -0.39 is 11.7 Å². The van der Waals surface area contributed by atoms with E-state index in [4.69, 9.17) is 4.74 Å². The summed E-state index contributed by atoms with van der Waals surface area (Å²) in [6.07, 6.45) is 1.68. The molecule has 1 heterocycles. The van der Waals surface area contributed by atoms with Gasteiger partial charge in [-0.05, 0) is 45.4 Å². The van der Waals surface area contributed by atoms with Crippen LogP contribution in [-0.4, -0.2) is 28.5 Å². The van der Waals surface area contributed by atoms with Crippen molar-refractivity contribution in [1.82, 2.24) is 4.90 Å². The monoisotopic (exact) mass is 223 g/mol. The van der Waals surface area contributed by atoms with Crippen LogP contribution in [0.15, 0.2) is 0 Å². The maximum atomic E-state index is 12.0. The van der Waals surface area contributed by atoms with Gasteiger partial charge in [0.25, 0.3) is 0 Å². The molecule has 4 nitrogen and oxygen atoms in total. The third-order valence-electron chi connectivity index (χ3n) is 4.03. The van der Waals surface area contributed by atoms with E-state index in [0.717, 1.165) is 12.8 Å². The largest absolute Gasteiger partial charge is 0.443 e. The number of hydrogen-bond acceptors (Lipinski definition) is 3. The standard InChI is InChI=1S/C12H17NO3/c1-12(2,3)16-11(15)13-8-5-6-4-7(8)9(6)10(13)14/h6-9H,4-5H2,1-3H3. The summed E-state index contributed by atoms with van der Waals surface area (Å²) in [5, 5.41) is 0. The molecular formula is C12H17NO3. The average Bonchev–Trinajstić information content (AvgIpc) is 2.60. The van der Waals surface area contributed by atoms with E-state index >= 15 is 0 Å². The Morgan fingerprint density at radius 1 is 1.38 bits per heavy atom. The second-order valence-corrected chi connectivity index (χ2v) is 6.18. The normalized spacial score (nSPS) is 39.9. The second kappa shape index (κ2) is 2.79. The fourth-order valence-electron chi connectivity index (χ4n) is 3.46. The first kappa shape index (κ1) is 10.1. The minimum absolute atomic E-state index is 0.00625. The number of hydrogen-bond donors (Lipinski definition) is 0. The van der Waals surface area contributed by atoms with E-state index in [1.165, 1.54) is 4.90 Å². The molecule has 4 fully saturated rings. The van der Waals surface area contributed by atoms with E-state index in [9.17, 15) is 9.59 Å². The molecule has 4 bridgehead atoms. The summed E-state index contributed by atoms with van der Waals surface area (Å²) in [6.45, 7) is 5.47. The number of carbonyl (C=O) groups is 2. The van der Waals surface area contributed by atoms with Gasteiger partial charge in [-0.25, -0.2) is 9.69 Å². The van der Waals surface area contributed by atoms with Crippen LogP contribution in [-0.2, 0) is 9.53 Å². The van der Waals surface area contributed by atoms with E-state index in [2.05, 4.69) is 0 Å². The van der Waals surface area contributed by atoms with Gasteiger partial charge in [0.15, 0.2) is 0 Å². The second-order valence-electron chi connectivity index (χ2n) is 6.18. The fraction of sp³-hybridized carbons (Fsp3) is 0.833. The molecule has 0 N–H and O–H groups in total. The molecule has 3 aliphatic carbocycles. The predicted octanol–water partition coefficient (Wildman–Crippen LogP) is 1.79. The zero-order valence-corrected chi connectivity index (χ0v) is 9.90. The number of carbonyl (C=O) groups excluding carboxylic acids is 2. The molecule has 0 aromatic carbocycles. The van der Waals surface area contributed by atoms with Gasteiger partial charge in [0.05, 0.1) is 0 Å². The lowest BCUT2D eigenvalue weighted by molar-refractivity contribution is -0.136. The van der Waals surface area contributed by atoms with Crippen molar-refractivity contribution in [3.8, 4) is 0 Å². The van der Waals surface area contributed by atoms with E-state index in [1.807, 2.05) is 20.8 Å². The highest BCUT2D eigenvalue weighted by atomic mass is 16.6. The Morgan fingerprint density at radius 2 is 2.06 bits per heavy atom. The van der Waals surface area contributed by atoms with Crippen LogP contribution < -0.4 is 0 Å². The molecule has 2 amide bonds. The number of likely N-dealkylation sites (tertiary alicyclic amines) is 1. The summed E-state index contributed by atoms with van der Waals surface area (Å²) in [6, 6.07) is 0.136.